The van der Waals surface area contributed by atoms with E-state index in [-0.39, 0.29) is 12.0 Å². The first kappa shape index (κ1) is 11.8. The van der Waals surface area contributed by atoms with Crippen LogP contribution in [0.5, 0.6) is 0 Å². The van der Waals surface area contributed by atoms with Gasteiger partial charge in [-0.3, -0.25) is 5.21 Å². The molecule has 0 fully saturated rings. The van der Waals surface area contributed by atoms with Crippen LogP contribution in [0, 0.1) is 5.21 Å². The summed E-state index contributed by atoms with van der Waals surface area (Å²) in [6.07, 6.45) is 2.19. The third-order valence-electron chi connectivity index (χ3n) is 3.40. The highest BCUT2D eigenvalue weighted by Crippen LogP contribution is 2.32. The van der Waals surface area contributed by atoms with Gasteiger partial charge in [-0.25, -0.2) is 0 Å². The van der Waals surface area contributed by atoms with Gasteiger partial charge in [-0.05, 0) is 17.5 Å². The molecule has 19 heavy (non-hydrogen) atoms. The number of nitrogens with zero attached hydrogens (tertiary/aromatic N) is 1. The Hall–Kier alpha value is -2.29. The molecule has 0 spiro atoms. The standard InChI is InChI=1S/C16H15NO2/c18-17-12-15(13-7-3-1-4-8-13)11-16(19-17)14-9-5-2-6-10-14/h1-10,12,15-16H,11H2/t15-,16+/m1/s1. The van der Waals surface area contributed by atoms with Gasteiger partial charge >= 0.3 is 0 Å². The number of hydrogen-bond acceptors (Lipinski definition) is 2. The third kappa shape index (κ3) is 2.60. The van der Waals surface area contributed by atoms with E-state index in [9.17, 15) is 5.21 Å². The second kappa shape index (κ2) is 5.14. The molecule has 1 aliphatic heterocycles. The van der Waals surface area contributed by atoms with Gasteiger partial charge in [0.15, 0.2) is 0 Å². The normalized spacial score (nSPS) is 22.4. The van der Waals surface area contributed by atoms with Crippen molar-refractivity contribution in [1.29, 1.82) is 0 Å². The molecule has 0 saturated carbocycles. The number of rotatable bonds is 2. The van der Waals surface area contributed by atoms with E-state index in [1.54, 1.807) is 6.21 Å². The first-order valence-corrected chi connectivity index (χ1v) is 6.41. The lowest BCUT2D eigenvalue weighted by Crippen LogP contribution is -2.24. The van der Waals surface area contributed by atoms with E-state index in [1.807, 2.05) is 60.7 Å². The van der Waals surface area contributed by atoms with E-state index in [2.05, 4.69) is 0 Å². The van der Waals surface area contributed by atoms with Crippen LogP contribution in [0.2, 0.25) is 0 Å². The summed E-state index contributed by atoms with van der Waals surface area (Å²) in [5.41, 5.74) is 2.19. The minimum atomic E-state index is -0.186. The predicted octanol–water partition coefficient (Wildman–Crippen LogP) is 3.43. The molecule has 0 bridgehead atoms. The first-order chi connectivity index (χ1) is 9.33. The monoisotopic (exact) mass is 253 g/mol. The Kier molecular flexibility index (Phi) is 3.19. The van der Waals surface area contributed by atoms with Crippen molar-refractivity contribution in [3.63, 3.8) is 0 Å². The van der Waals surface area contributed by atoms with E-state index in [0.717, 1.165) is 17.5 Å². The average molecular weight is 253 g/mol. The van der Waals surface area contributed by atoms with Crippen molar-refractivity contribution in [1.82, 2.24) is 0 Å². The second-order valence-electron chi connectivity index (χ2n) is 4.69. The summed E-state index contributed by atoms with van der Waals surface area (Å²) in [5.74, 6) is 0.0951. The topological polar surface area (TPSA) is 35.3 Å². The van der Waals surface area contributed by atoms with Crippen molar-refractivity contribution in [3.8, 4) is 0 Å². The van der Waals surface area contributed by atoms with Crippen LogP contribution in [0.4, 0.5) is 0 Å². The van der Waals surface area contributed by atoms with E-state index in [4.69, 9.17) is 4.84 Å². The zero-order chi connectivity index (χ0) is 13.1. The van der Waals surface area contributed by atoms with E-state index < -0.39 is 0 Å². The van der Waals surface area contributed by atoms with Crippen molar-refractivity contribution in [2.45, 2.75) is 18.4 Å². The molecule has 0 saturated heterocycles. The van der Waals surface area contributed by atoms with Gasteiger partial charge in [0.2, 0.25) is 6.21 Å². The van der Waals surface area contributed by atoms with Crippen LogP contribution in [0.15, 0.2) is 60.7 Å². The Morgan fingerprint density at radius 3 is 2.11 bits per heavy atom. The number of hydrogen-bond donors (Lipinski definition) is 0. The summed E-state index contributed by atoms with van der Waals surface area (Å²) in [5, 5.41) is 11.7. The maximum Gasteiger partial charge on any atom is 0.217 e. The molecule has 0 N–H and O–H groups in total. The lowest BCUT2D eigenvalue weighted by Gasteiger charge is -2.27. The fourth-order valence-electron chi connectivity index (χ4n) is 2.43. The van der Waals surface area contributed by atoms with Crippen LogP contribution in [-0.4, -0.2) is 11.1 Å². The maximum atomic E-state index is 11.7. The highest BCUT2D eigenvalue weighted by molar-refractivity contribution is 5.63. The van der Waals surface area contributed by atoms with E-state index in [0.29, 0.717) is 4.90 Å². The van der Waals surface area contributed by atoms with Crippen LogP contribution in [0.1, 0.15) is 29.6 Å². The molecule has 96 valence electrons. The molecule has 3 rings (SSSR count). The van der Waals surface area contributed by atoms with Gasteiger partial charge in [0, 0.05) is 4.90 Å². The van der Waals surface area contributed by atoms with Crippen molar-refractivity contribution >= 4 is 6.21 Å². The Morgan fingerprint density at radius 2 is 1.47 bits per heavy atom. The van der Waals surface area contributed by atoms with Crippen molar-refractivity contribution in [3.05, 3.63) is 77.0 Å². The predicted molar refractivity (Wildman–Crippen MR) is 73.8 cm³/mol. The molecule has 3 nitrogen and oxygen atoms in total. The zero-order valence-corrected chi connectivity index (χ0v) is 10.5. The van der Waals surface area contributed by atoms with Crippen molar-refractivity contribution < 1.29 is 9.74 Å². The zero-order valence-electron chi connectivity index (χ0n) is 10.5. The lowest BCUT2D eigenvalue weighted by atomic mass is 9.91. The highest BCUT2D eigenvalue weighted by atomic mass is 16.9. The van der Waals surface area contributed by atoms with Gasteiger partial charge in [-0.1, -0.05) is 60.7 Å². The molecule has 1 heterocycles. The summed E-state index contributed by atoms with van der Waals surface area (Å²) in [7, 11) is 0. The minimum Gasteiger partial charge on any atom is -0.396 e. The molecule has 0 unspecified atom stereocenters. The maximum absolute atomic E-state index is 11.7. The first-order valence-electron chi connectivity index (χ1n) is 6.41. The molecule has 0 radical (unpaired) electrons. The molecular formula is C16H15NO2. The Balaban J connectivity index is 1.87. The Bertz CT molecular complexity index is 566. The molecule has 0 amide bonds. The van der Waals surface area contributed by atoms with Gasteiger partial charge in [-0.15, -0.1) is 0 Å². The fourth-order valence-corrected chi connectivity index (χ4v) is 2.43. The van der Waals surface area contributed by atoms with Crippen LogP contribution < -0.4 is 0 Å². The van der Waals surface area contributed by atoms with Crippen LogP contribution in [0.25, 0.3) is 0 Å². The largest absolute Gasteiger partial charge is 0.396 e. The third-order valence-corrected chi connectivity index (χ3v) is 3.40. The SMILES string of the molecule is [O-][N+]1=C[C@H](c2ccccc2)C[C@@H](c2ccccc2)O1. The van der Waals surface area contributed by atoms with Gasteiger partial charge in [0.05, 0.1) is 12.0 Å². The minimum absolute atomic E-state index is 0.0951. The summed E-state index contributed by atoms with van der Waals surface area (Å²) in [6, 6.07) is 19.9. The number of benzene rings is 2. The molecule has 1 aliphatic rings. The highest BCUT2D eigenvalue weighted by Gasteiger charge is 2.26. The Morgan fingerprint density at radius 1 is 0.895 bits per heavy atom. The van der Waals surface area contributed by atoms with Crippen molar-refractivity contribution in [2.75, 3.05) is 0 Å². The molecule has 2 aromatic rings. The van der Waals surface area contributed by atoms with Gasteiger partial charge in [0.25, 0.3) is 0 Å². The summed E-state index contributed by atoms with van der Waals surface area (Å²) >= 11 is 0. The van der Waals surface area contributed by atoms with Crippen LogP contribution in [0.3, 0.4) is 0 Å². The average Bonchev–Trinajstić information content (AvgIpc) is 2.48. The van der Waals surface area contributed by atoms with Crippen molar-refractivity contribution in [2.24, 2.45) is 0 Å². The van der Waals surface area contributed by atoms with Crippen LogP contribution in [-0.2, 0) is 4.84 Å². The van der Waals surface area contributed by atoms with Gasteiger partial charge < -0.3 is 4.84 Å². The second-order valence-corrected chi connectivity index (χ2v) is 4.69. The van der Waals surface area contributed by atoms with Crippen LogP contribution >= 0.6 is 0 Å². The van der Waals surface area contributed by atoms with E-state index >= 15 is 0 Å². The molecule has 0 aromatic heterocycles. The molecule has 2 aromatic carbocycles. The summed E-state index contributed by atoms with van der Waals surface area (Å²) < 4.78 is 0. The summed E-state index contributed by atoms with van der Waals surface area (Å²) in [6.45, 7) is 0. The smallest absolute Gasteiger partial charge is 0.217 e. The lowest BCUT2D eigenvalue weighted by molar-refractivity contribution is -0.757. The molecule has 3 heteroatoms. The molecular weight excluding hydrogens is 238 g/mol. The van der Waals surface area contributed by atoms with Gasteiger partial charge in [0.1, 0.15) is 0 Å². The Labute approximate surface area is 112 Å². The molecule has 0 aliphatic carbocycles. The van der Waals surface area contributed by atoms with E-state index in [1.165, 1.54) is 0 Å². The quantitative estimate of drug-likeness (QED) is 0.769. The van der Waals surface area contributed by atoms with Gasteiger partial charge in [-0.2, -0.15) is 0 Å². The summed E-state index contributed by atoms with van der Waals surface area (Å²) in [4.78, 5) is 5.94. The fraction of sp³-hybridized carbons (Fsp3) is 0.188. The molecule has 2 atom stereocenters.